The molecule has 2 heterocycles. The number of anilines is 2. The van der Waals surface area contributed by atoms with Crippen molar-refractivity contribution >= 4 is 11.5 Å². The molecule has 1 aromatic heterocycles. The Morgan fingerprint density at radius 1 is 1.15 bits per heavy atom. The smallest absolute Gasteiger partial charge is 0.387 e. The van der Waals surface area contributed by atoms with E-state index in [1.807, 2.05) is 24.8 Å². The van der Waals surface area contributed by atoms with Gasteiger partial charge in [-0.25, -0.2) is 9.97 Å². The van der Waals surface area contributed by atoms with Crippen molar-refractivity contribution < 1.29 is 18.3 Å². The fourth-order valence-electron chi connectivity index (χ4n) is 2.94. The number of rotatable bonds is 7. The standard InChI is InChI=1S/C18H22F2N4O2/c1-12(2)25-17-16(21-8-9-22-17)23-13-7-10-24(11-13)14-5-3-4-6-15(14)26-18(19)20/h3-6,8-9,12-13,18H,7,10-11H2,1-2H3,(H,21,23). The summed E-state index contributed by atoms with van der Waals surface area (Å²) in [4.78, 5) is 10.6. The van der Waals surface area contributed by atoms with Gasteiger partial charge in [0.15, 0.2) is 5.82 Å². The van der Waals surface area contributed by atoms with Gasteiger partial charge in [0, 0.05) is 31.5 Å². The largest absolute Gasteiger partial charge is 0.472 e. The highest BCUT2D eigenvalue weighted by atomic mass is 19.3. The first kappa shape index (κ1) is 18.2. The van der Waals surface area contributed by atoms with Crippen molar-refractivity contribution in [3.05, 3.63) is 36.7 Å². The van der Waals surface area contributed by atoms with E-state index in [4.69, 9.17) is 4.74 Å². The molecule has 2 aromatic rings. The van der Waals surface area contributed by atoms with Crippen molar-refractivity contribution in [2.75, 3.05) is 23.3 Å². The molecule has 3 rings (SSSR count). The zero-order valence-corrected chi connectivity index (χ0v) is 14.7. The fraction of sp³-hybridized carbons (Fsp3) is 0.444. The number of ether oxygens (including phenoxy) is 2. The Labute approximate surface area is 151 Å². The Morgan fingerprint density at radius 3 is 2.69 bits per heavy atom. The Morgan fingerprint density at radius 2 is 1.92 bits per heavy atom. The van der Waals surface area contributed by atoms with Crippen LogP contribution in [-0.4, -0.2) is 41.8 Å². The molecule has 1 saturated heterocycles. The van der Waals surface area contributed by atoms with E-state index in [0.717, 1.165) is 13.0 Å². The Kier molecular flexibility index (Phi) is 5.70. The predicted molar refractivity (Wildman–Crippen MR) is 95.1 cm³/mol. The second-order valence-corrected chi connectivity index (χ2v) is 6.30. The monoisotopic (exact) mass is 364 g/mol. The number of nitrogens with zero attached hydrogens (tertiary/aromatic N) is 3. The van der Waals surface area contributed by atoms with Crippen LogP contribution < -0.4 is 19.7 Å². The summed E-state index contributed by atoms with van der Waals surface area (Å²) in [6.07, 6.45) is 4.02. The lowest BCUT2D eigenvalue weighted by molar-refractivity contribution is -0.0495. The maximum Gasteiger partial charge on any atom is 0.387 e. The number of para-hydroxylation sites is 2. The van der Waals surface area contributed by atoms with Gasteiger partial charge >= 0.3 is 6.61 Å². The zero-order chi connectivity index (χ0) is 18.5. The van der Waals surface area contributed by atoms with Crippen LogP contribution >= 0.6 is 0 Å². The molecular formula is C18H22F2N4O2. The lowest BCUT2D eigenvalue weighted by Crippen LogP contribution is -2.27. The molecule has 6 nitrogen and oxygen atoms in total. The van der Waals surface area contributed by atoms with E-state index in [2.05, 4.69) is 20.0 Å². The first-order chi connectivity index (χ1) is 12.5. The van der Waals surface area contributed by atoms with Crippen LogP contribution in [0.25, 0.3) is 0 Å². The van der Waals surface area contributed by atoms with Gasteiger partial charge in [-0.05, 0) is 32.4 Å². The minimum atomic E-state index is -2.84. The molecule has 1 atom stereocenters. The second kappa shape index (κ2) is 8.16. The molecule has 26 heavy (non-hydrogen) atoms. The Balaban J connectivity index is 1.69. The second-order valence-electron chi connectivity index (χ2n) is 6.30. The summed E-state index contributed by atoms with van der Waals surface area (Å²) in [6, 6.07) is 6.93. The quantitative estimate of drug-likeness (QED) is 0.811. The van der Waals surface area contributed by atoms with Gasteiger partial charge in [0.1, 0.15) is 5.75 Å². The highest BCUT2D eigenvalue weighted by Gasteiger charge is 2.26. The molecule has 1 aliphatic heterocycles. The van der Waals surface area contributed by atoms with E-state index in [0.29, 0.717) is 23.9 Å². The van der Waals surface area contributed by atoms with Gasteiger partial charge in [-0.15, -0.1) is 0 Å². The van der Waals surface area contributed by atoms with E-state index in [1.54, 1.807) is 30.6 Å². The maximum absolute atomic E-state index is 12.6. The summed E-state index contributed by atoms with van der Waals surface area (Å²) in [5.41, 5.74) is 0.662. The number of aromatic nitrogens is 2. The van der Waals surface area contributed by atoms with Gasteiger partial charge in [-0.1, -0.05) is 12.1 Å². The lowest BCUT2D eigenvalue weighted by Gasteiger charge is -2.22. The van der Waals surface area contributed by atoms with Crippen LogP contribution in [0.4, 0.5) is 20.3 Å². The fourth-order valence-corrected chi connectivity index (χ4v) is 2.94. The molecule has 1 fully saturated rings. The zero-order valence-electron chi connectivity index (χ0n) is 14.7. The molecule has 1 unspecified atom stereocenters. The summed E-state index contributed by atoms with van der Waals surface area (Å²) >= 11 is 0. The summed E-state index contributed by atoms with van der Waals surface area (Å²) in [5.74, 6) is 1.24. The van der Waals surface area contributed by atoms with E-state index in [1.165, 1.54) is 0 Å². The molecule has 1 aliphatic rings. The van der Waals surface area contributed by atoms with Crippen molar-refractivity contribution in [3.8, 4) is 11.6 Å². The Hall–Kier alpha value is -2.64. The third-order valence-corrected chi connectivity index (χ3v) is 3.96. The minimum Gasteiger partial charge on any atom is -0.472 e. The summed E-state index contributed by atoms with van der Waals surface area (Å²) in [7, 11) is 0. The van der Waals surface area contributed by atoms with Crippen LogP contribution in [0.1, 0.15) is 20.3 Å². The van der Waals surface area contributed by atoms with Crippen LogP contribution in [0.5, 0.6) is 11.6 Å². The van der Waals surface area contributed by atoms with Gasteiger partial charge in [0.2, 0.25) is 0 Å². The molecule has 1 aromatic carbocycles. The van der Waals surface area contributed by atoms with Gasteiger partial charge in [0.25, 0.3) is 5.88 Å². The molecule has 0 amide bonds. The average molecular weight is 364 g/mol. The average Bonchev–Trinajstić information content (AvgIpc) is 3.04. The van der Waals surface area contributed by atoms with Crippen LogP contribution in [0.3, 0.4) is 0 Å². The van der Waals surface area contributed by atoms with Crippen LogP contribution in [0.15, 0.2) is 36.7 Å². The third-order valence-electron chi connectivity index (χ3n) is 3.96. The van der Waals surface area contributed by atoms with E-state index in [9.17, 15) is 8.78 Å². The molecule has 1 N–H and O–H groups in total. The topological polar surface area (TPSA) is 59.5 Å². The highest BCUT2D eigenvalue weighted by Crippen LogP contribution is 2.32. The van der Waals surface area contributed by atoms with Crippen LogP contribution in [0, 0.1) is 0 Å². The number of benzene rings is 1. The SMILES string of the molecule is CC(C)Oc1nccnc1NC1CCN(c2ccccc2OC(F)F)C1. The normalized spacial score (nSPS) is 17.0. The third kappa shape index (κ3) is 4.50. The molecule has 0 radical (unpaired) electrons. The number of nitrogens with one attached hydrogen (secondary N) is 1. The van der Waals surface area contributed by atoms with Crippen LogP contribution in [0.2, 0.25) is 0 Å². The molecule has 140 valence electrons. The minimum absolute atomic E-state index is 0.00861. The van der Waals surface area contributed by atoms with Crippen molar-refractivity contribution in [3.63, 3.8) is 0 Å². The molecule has 0 saturated carbocycles. The summed E-state index contributed by atoms with van der Waals surface area (Å²) in [5, 5.41) is 3.35. The first-order valence-electron chi connectivity index (χ1n) is 8.56. The number of halogens is 2. The van der Waals surface area contributed by atoms with Crippen molar-refractivity contribution in [1.29, 1.82) is 0 Å². The number of hydrogen-bond donors (Lipinski definition) is 1. The lowest BCUT2D eigenvalue weighted by atomic mass is 10.2. The predicted octanol–water partition coefficient (Wildman–Crippen LogP) is 3.56. The van der Waals surface area contributed by atoms with Gasteiger partial charge in [-0.3, -0.25) is 0 Å². The Bertz CT molecular complexity index is 730. The molecule has 0 bridgehead atoms. The summed E-state index contributed by atoms with van der Waals surface area (Å²) in [6.45, 7) is 2.37. The van der Waals surface area contributed by atoms with Gasteiger partial charge in [0.05, 0.1) is 11.8 Å². The maximum atomic E-state index is 12.6. The van der Waals surface area contributed by atoms with Gasteiger partial charge in [-0.2, -0.15) is 8.78 Å². The van der Waals surface area contributed by atoms with E-state index >= 15 is 0 Å². The van der Waals surface area contributed by atoms with E-state index < -0.39 is 6.61 Å². The molecular weight excluding hydrogens is 342 g/mol. The van der Waals surface area contributed by atoms with Crippen molar-refractivity contribution in [2.45, 2.75) is 39.0 Å². The molecule has 0 aliphatic carbocycles. The summed E-state index contributed by atoms with van der Waals surface area (Å²) < 4.78 is 35.5. The van der Waals surface area contributed by atoms with E-state index in [-0.39, 0.29) is 17.9 Å². The van der Waals surface area contributed by atoms with Crippen molar-refractivity contribution in [1.82, 2.24) is 9.97 Å². The first-order valence-corrected chi connectivity index (χ1v) is 8.56. The number of hydrogen-bond acceptors (Lipinski definition) is 6. The number of alkyl halides is 2. The van der Waals surface area contributed by atoms with Crippen molar-refractivity contribution in [2.24, 2.45) is 0 Å². The molecule has 8 heteroatoms. The van der Waals surface area contributed by atoms with Crippen LogP contribution in [-0.2, 0) is 0 Å². The van der Waals surface area contributed by atoms with Gasteiger partial charge < -0.3 is 19.7 Å². The highest BCUT2D eigenvalue weighted by molar-refractivity contribution is 5.60. The molecule has 0 spiro atoms.